The highest BCUT2D eigenvalue weighted by atomic mass is 35.5. The van der Waals surface area contributed by atoms with Crippen LogP contribution >= 0.6 is 11.6 Å². The molecule has 0 radical (unpaired) electrons. The fourth-order valence-corrected chi connectivity index (χ4v) is 6.64. The number of benzene rings is 4. The molecule has 0 saturated heterocycles. The van der Waals surface area contributed by atoms with Gasteiger partial charge in [0.05, 0.1) is 24.8 Å². The van der Waals surface area contributed by atoms with Gasteiger partial charge in [0, 0.05) is 30.6 Å². The zero-order valence-electron chi connectivity index (χ0n) is 27.1. The van der Waals surface area contributed by atoms with Gasteiger partial charge in [0.2, 0.25) is 11.8 Å². The van der Waals surface area contributed by atoms with E-state index in [-0.39, 0.29) is 35.2 Å². The first-order valence-corrected chi connectivity index (χ1v) is 17.2. The van der Waals surface area contributed by atoms with Gasteiger partial charge in [-0.2, -0.15) is 0 Å². The third-order valence-electron chi connectivity index (χ3n) is 7.70. The second-order valence-corrected chi connectivity index (χ2v) is 13.3. The second kappa shape index (κ2) is 17.0. The van der Waals surface area contributed by atoms with Crippen LogP contribution in [0.5, 0.6) is 11.5 Å². The van der Waals surface area contributed by atoms with Gasteiger partial charge < -0.3 is 19.7 Å². The van der Waals surface area contributed by atoms with E-state index in [2.05, 4.69) is 5.32 Å². The molecule has 4 aromatic carbocycles. The number of sulfonamides is 1. The maximum Gasteiger partial charge on any atom is 0.264 e. The van der Waals surface area contributed by atoms with Crippen molar-refractivity contribution in [3.05, 3.63) is 119 Å². The summed E-state index contributed by atoms with van der Waals surface area (Å²) >= 11 is 6.14. The van der Waals surface area contributed by atoms with Crippen LogP contribution in [-0.4, -0.2) is 58.5 Å². The molecule has 0 aliphatic carbocycles. The second-order valence-electron chi connectivity index (χ2n) is 11.0. The summed E-state index contributed by atoms with van der Waals surface area (Å²) in [5.41, 5.74) is 1.55. The molecule has 0 saturated carbocycles. The summed E-state index contributed by atoms with van der Waals surface area (Å²) < 4.78 is 54.1. The lowest BCUT2D eigenvalue weighted by Crippen LogP contribution is -2.53. The summed E-state index contributed by atoms with van der Waals surface area (Å²) in [6.45, 7) is 1.72. The van der Waals surface area contributed by atoms with Gasteiger partial charge >= 0.3 is 0 Å². The van der Waals surface area contributed by atoms with Gasteiger partial charge in [-0.15, -0.1) is 0 Å². The van der Waals surface area contributed by atoms with E-state index in [1.54, 1.807) is 24.3 Å². The number of unbranched alkanes of at least 4 members (excludes halogenated alkanes) is 1. The number of carbonyl (C=O) groups is 2. The molecule has 9 nitrogen and oxygen atoms in total. The van der Waals surface area contributed by atoms with E-state index in [9.17, 15) is 22.4 Å². The molecule has 1 N–H and O–H groups in total. The fourth-order valence-electron chi connectivity index (χ4n) is 5.09. The van der Waals surface area contributed by atoms with Crippen LogP contribution in [0.25, 0.3) is 0 Å². The molecule has 2 amide bonds. The standard InChI is InChI=1S/C36H39ClFN3O6S/c1-4-5-21-39-36(43)32(22-26-9-7-6-8-10-26)40(24-27-11-13-28(37)14-12-27)35(42)25-41(30-17-15-29(38)16-18-30)48(44,45)31-19-20-33(46-2)34(23-31)47-3/h6-20,23,32H,4-5,21-22,24-25H2,1-3H3,(H,39,43)/t32-/m0/s1. The molecule has 0 heterocycles. The molecule has 1 atom stereocenters. The zero-order valence-corrected chi connectivity index (χ0v) is 28.6. The number of hydrogen-bond acceptors (Lipinski definition) is 6. The average Bonchev–Trinajstić information content (AvgIpc) is 3.10. The van der Waals surface area contributed by atoms with Crippen LogP contribution in [-0.2, 0) is 32.6 Å². The van der Waals surface area contributed by atoms with Crippen molar-refractivity contribution in [1.29, 1.82) is 0 Å². The highest BCUT2D eigenvalue weighted by molar-refractivity contribution is 7.92. The van der Waals surface area contributed by atoms with E-state index >= 15 is 0 Å². The van der Waals surface area contributed by atoms with E-state index in [0.717, 1.165) is 34.8 Å². The number of hydrogen-bond donors (Lipinski definition) is 1. The quantitative estimate of drug-likeness (QED) is 0.139. The largest absolute Gasteiger partial charge is 0.493 e. The predicted octanol–water partition coefficient (Wildman–Crippen LogP) is 6.25. The van der Waals surface area contributed by atoms with Crippen molar-refractivity contribution in [2.24, 2.45) is 0 Å². The summed E-state index contributed by atoms with van der Waals surface area (Å²) in [5.74, 6) is -1.12. The third kappa shape index (κ3) is 9.26. The van der Waals surface area contributed by atoms with Gasteiger partial charge in [-0.25, -0.2) is 12.8 Å². The number of methoxy groups -OCH3 is 2. The predicted molar refractivity (Wildman–Crippen MR) is 184 cm³/mol. The molecule has 4 aromatic rings. The van der Waals surface area contributed by atoms with Crippen molar-refractivity contribution < 1.29 is 31.9 Å². The minimum absolute atomic E-state index is 0.0115. The molecule has 48 heavy (non-hydrogen) atoms. The van der Waals surface area contributed by atoms with E-state index in [1.165, 1.54) is 49.5 Å². The first kappa shape index (κ1) is 36.2. The Labute approximate surface area is 286 Å². The van der Waals surface area contributed by atoms with Crippen LogP contribution in [0.3, 0.4) is 0 Å². The lowest BCUT2D eigenvalue weighted by atomic mass is 10.0. The van der Waals surface area contributed by atoms with E-state index in [0.29, 0.717) is 22.9 Å². The molecular weight excluding hydrogens is 657 g/mol. The molecular formula is C36H39ClFN3O6S. The molecule has 254 valence electrons. The molecule has 0 bridgehead atoms. The summed E-state index contributed by atoms with van der Waals surface area (Å²) in [6.07, 6.45) is 1.78. The van der Waals surface area contributed by atoms with Crippen LogP contribution in [0, 0.1) is 5.82 Å². The number of anilines is 1. The SMILES string of the molecule is CCCCNC(=O)[C@H](Cc1ccccc1)N(Cc1ccc(Cl)cc1)C(=O)CN(c1ccc(F)cc1)S(=O)(=O)c1ccc(OC)c(OC)c1. The Morgan fingerprint density at radius 2 is 1.54 bits per heavy atom. The van der Waals surface area contributed by atoms with Gasteiger partial charge in [-0.05, 0) is 66.1 Å². The Morgan fingerprint density at radius 3 is 2.17 bits per heavy atom. The van der Waals surface area contributed by atoms with Crippen molar-refractivity contribution in [3.8, 4) is 11.5 Å². The molecule has 0 aliphatic rings. The Hall–Kier alpha value is -4.61. The van der Waals surface area contributed by atoms with Gasteiger partial charge in [-0.1, -0.05) is 67.4 Å². The van der Waals surface area contributed by atoms with Crippen LogP contribution in [0.4, 0.5) is 10.1 Å². The van der Waals surface area contributed by atoms with Crippen molar-refractivity contribution in [1.82, 2.24) is 10.2 Å². The van der Waals surface area contributed by atoms with E-state index in [4.69, 9.17) is 21.1 Å². The normalized spacial score (nSPS) is 11.8. The monoisotopic (exact) mass is 695 g/mol. The number of carbonyl (C=O) groups excluding carboxylic acids is 2. The molecule has 0 aliphatic heterocycles. The van der Waals surface area contributed by atoms with Gasteiger partial charge in [0.25, 0.3) is 10.0 Å². The lowest BCUT2D eigenvalue weighted by molar-refractivity contribution is -0.140. The molecule has 12 heteroatoms. The summed E-state index contributed by atoms with van der Waals surface area (Å²) in [4.78, 5) is 29.6. The minimum atomic E-state index is -4.44. The van der Waals surface area contributed by atoms with Crippen molar-refractivity contribution >= 4 is 39.1 Å². The van der Waals surface area contributed by atoms with Gasteiger partial charge in [0.15, 0.2) is 11.5 Å². The molecule has 0 aromatic heterocycles. The highest BCUT2D eigenvalue weighted by Crippen LogP contribution is 2.32. The van der Waals surface area contributed by atoms with Crippen molar-refractivity contribution in [2.75, 3.05) is 31.6 Å². The minimum Gasteiger partial charge on any atom is -0.493 e. The van der Waals surface area contributed by atoms with Crippen molar-refractivity contribution in [3.63, 3.8) is 0 Å². The first-order valence-electron chi connectivity index (χ1n) is 15.4. The molecule has 0 unspecified atom stereocenters. The van der Waals surface area contributed by atoms with Crippen LogP contribution in [0.15, 0.2) is 102 Å². The van der Waals surface area contributed by atoms with Crippen molar-refractivity contribution in [2.45, 2.75) is 43.7 Å². The molecule has 0 fully saturated rings. The Morgan fingerprint density at radius 1 is 0.875 bits per heavy atom. The molecule has 0 spiro atoms. The van der Waals surface area contributed by atoms with Crippen LogP contribution in [0.2, 0.25) is 5.02 Å². The smallest absolute Gasteiger partial charge is 0.264 e. The maximum absolute atomic E-state index is 14.5. The number of nitrogens with zero attached hydrogens (tertiary/aromatic N) is 2. The number of halogens is 2. The zero-order chi connectivity index (χ0) is 34.7. The Bertz CT molecular complexity index is 1770. The van der Waals surface area contributed by atoms with Gasteiger partial charge in [-0.3, -0.25) is 13.9 Å². The number of nitrogens with one attached hydrogen (secondary N) is 1. The maximum atomic E-state index is 14.5. The number of amides is 2. The first-order chi connectivity index (χ1) is 23.1. The van der Waals surface area contributed by atoms with Gasteiger partial charge in [0.1, 0.15) is 18.4 Å². The Kier molecular flexibility index (Phi) is 12.8. The third-order valence-corrected chi connectivity index (χ3v) is 9.73. The van der Waals surface area contributed by atoms with E-state index < -0.39 is 34.3 Å². The number of rotatable bonds is 16. The Balaban J connectivity index is 1.80. The molecule has 4 rings (SSSR count). The lowest BCUT2D eigenvalue weighted by Gasteiger charge is -2.34. The summed E-state index contributed by atoms with van der Waals surface area (Å²) in [6, 6.07) is 24.0. The highest BCUT2D eigenvalue weighted by Gasteiger charge is 2.35. The topological polar surface area (TPSA) is 105 Å². The van der Waals surface area contributed by atoms with Crippen LogP contribution < -0.4 is 19.1 Å². The summed E-state index contributed by atoms with van der Waals surface area (Å²) in [5, 5.41) is 3.45. The average molecular weight is 696 g/mol. The summed E-state index contributed by atoms with van der Waals surface area (Å²) in [7, 11) is -1.64. The number of ether oxygens (including phenoxy) is 2. The van der Waals surface area contributed by atoms with E-state index in [1.807, 2.05) is 37.3 Å². The van der Waals surface area contributed by atoms with Crippen LogP contribution in [0.1, 0.15) is 30.9 Å². The fraction of sp³-hybridized carbons (Fsp3) is 0.278.